The highest BCUT2D eigenvalue weighted by atomic mass is 16.5. The first-order chi connectivity index (χ1) is 8.10. The summed E-state index contributed by atoms with van der Waals surface area (Å²) in [5, 5.41) is 13.1. The number of rotatable bonds is 6. The van der Waals surface area contributed by atoms with Crippen molar-refractivity contribution in [3.8, 4) is 0 Å². The van der Waals surface area contributed by atoms with Crippen LogP contribution in [-0.2, 0) is 11.8 Å². The lowest BCUT2D eigenvalue weighted by molar-refractivity contribution is 0.0650. The Bertz CT molecular complexity index is 357. The summed E-state index contributed by atoms with van der Waals surface area (Å²) in [5.41, 5.74) is 1.32. The quantitative estimate of drug-likeness (QED) is 0.749. The number of carbonyl (C=O) groups excluding carboxylic acids is 1. The lowest BCUT2D eigenvalue weighted by atomic mass is 10.3. The van der Waals surface area contributed by atoms with E-state index >= 15 is 0 Å². The van der Waals surface area contributed by atoms with E-state index in [9.17, 15) is 4.79 Å². The molecule has 96 valence electrons. The predicted molar refractivity (Wildman–Crippen MR) is 62.8 cm³/mol. The summed E-state index contributed by atoms with van der Waals surface area (Å²) < 4.78 is 6.59. The number of hydrogen-bond donors (Lipinski definition) is 1. The van der Waals surface area contributed by atoms with Crippen molar-refractivity contribution in [1.82, 2.24) is 14.7 Å². The van der Waals surface area contributed by atoms with Crippen LogP contribution in [0.3, 0.4) is 0 Å². The van der Waals surface area contributed by atoms with Crippen LogP contribution in [0.15, 0.2) is 6.07 Å². The van der Waals surface area contributed by atoms with Crippen molar-refractivity contribution in [2.24, 2.45) is 7.05 Å². The third-order valence-electron chi connectivity index (χ3n) is 2.56. The molecule has 0 fully saturated rings. The van der Waals surface area contributed by atoms with Crippen molar-refractivity contribution in [3.05, 3.63) is 17.5 Å². The van der Waals surface area contributed by atoms with Crippen molar-refractivity contribution in [2.45, 2.75) is 6.92 Å². The molecule has 1 aromatic rings. The number of aliphatic hydroxyl groups is 1. The van der Waals surface area contributed by atoms with Crippen LogP contribution in [0.5, 0.6) is 0 Å². The molecule has 0 aliphatic heterocycles. The Morgan fingerprint density at radius 3 is 2.76 bits per heavy atom. The van der Waals surface area contributed by atoms with E-state index in [-0.39, 0.29) is 19.1 Å². The molecule has 6 nitrogen and oxygen atoms in total. The van der Waals surface area contributed by atoms with Gasteiger partial charge in [0, 0.05) is 32.9 Å². The van der Waals surface area contributed by atoms with E-state index in [1.54, 1.807) is 24.9 Å². The average Bonchev–Trinajstić information content (AvgIpc) is 2.64. The van der Waals surface area contributed by atoms with Crippen LogP contribution in [0.4, 0.5) is 0 Å². The molecule has 0 unspecified atom stereocenters. The fourth-order valence-electron chi connectivity index (χ4n) is 1.46. The Morgan fingerprint density at radius 2 is 2.29 bits per heavy atom. The number of aromatic nitrogens is 2. The summed E-state index contributed by atoms with van der Waals surface area (Å²) >= 11 is 0. The molecule has 1 heterocycles. The van der Waals surface area contributed by atoms with Crippen molar-refractivity contribution < 1.29 is 14.6 Å². The monoisotopic (exact) mass is 241 g/mol. The Kier molecular flexibility index (Phi) is 5.11. The summed E-state index contributed by atoms with van der Waals surface area (Å²) in [7, 11) is 3.37. The maximum Gasteiger partial charge on any atom is 0.274 e. The number of amides is 1. The smallest absolute Gasteiger partial charge is 0.274 e. The van der Waals surface area contributed by atoms with Gasteiger partial charge in [0.1, 0.15) is 0 Å². The van der Waals surface area contributed by atoms with Gasteiger partial charge in [0.05, 0.1) is 13.2 Å². The first-order valence-electron chi connectivity index (χ1n) is 5.50. The number of nitrogens with zero attached hydrogens (tertiary/aromatic N) is 3. The summed E-state index contributed by atoms with van der Waals surface area (Å²) in [5.74, 6) is -0.181. The van der Waals surface area contributed by atoms with Gasteiger partial charge in [-0.05, 0) is 13.0 Å². The van der Waals surface area contributed by atoms with Gasteiger partial charge < -0.3 is 14.7 Å². The summed E-state index contributed by atoms with van der Waals surface area (Å²) in [6.07, 6.45) is 0. The standard InChI is InChI=1S/C11H19N3O3/c1-9-8-10(12-13(9)2)11(16)14(4-6-15)5-7-17-3/h8,15H,4-7H2,1-3H3. The second-order valence-corrected chi connectivity index (χ2v) is 3.80. The van der Waals surface area contributed by atoms with Gasteiger partial charge in [-0.15, -0.1) is 0 Å². The summed E-state index contributed by atoms with van der Waals surface area (Å²) in [6.45, 7) is 3.00. The number of aliphatic hydroxyl groups excluding tert-OH is 1. The highest BCUT2D eigenvalue weighted by molar-refractivity contribution is 5.92. The maximum atomic E-state index is 12.1. The molecule has 0 radical (unpaired) electrons. The fourth-order valence-corrected chi connectivity index (χ4v) is 1.46. The van der Waals surface area contributed by atoms with Crippen LogP contribution in [-0.4, -0.2) is 59.1 Å². The number of carbonyl (C=O) groups is 1. The van der Waals surface area contributed by atoms with Gasteiger partial charge in [0.2, 0.25) is 0 Å². The molecule has 6 heteroatoms. The lowest BCUT2D eigenvalue weighted by Gasteiger charge is -2.20. The highest BCUT2D eigenvalue weighted by Crippen LogP contribution is 2.05. The molecule has 1 N–H and O–H groups in total. The SMILES string of the molecule is COCCN(CCO)C(=O)c1cc(C)n(C)n1. The van der Waals surface area contributed by atoms with Gasteiger partial charge in [-0.1, -0.05) is 0 Å². The van der Waals surface area contributed by atoms with Gasteiger partial charge in [-0.2, -0.15) is 5.10 Å². The largest absolute Gasteiger partial charge is 0.395 e. The van der Waals surface area contributed by atoms with E-state index in [0.717, 1.165) is 5.69 Å². The van der Waals surface area contributed by atoms with Crippen molar-refractivity contribution in [1.29, 1.82) is 0 Å². The van der Waals surface area contributed by atoms with Gasteiger partial charge in [0.15, 0.2) is 5.69 Å². The number of ether oxygens (including phenoxy) is 1. The Morgan fingerprint density at radius 1 is 1.59 bits per heavy atom. The second kappa shape index (κ2) is 6.36. The maximum absolute atomic E-state index is 12.1. The predicted octanol–water partition coefficient (Wildman–Crippen LogP) is -0.191. The molecule has 0 aliphatic carbocycles. The summed E-state index contributed by atoms with van der Waals surface area (Å²) in [4.78, 5) is 13.6. The third kappa shape index (κ3) is 3.54. The molecule has 17 heavy (non-hydrogen) atoms. The molecule has 0 saturated carbocycles. The Labute approximate surface area is 101 Å². The van der Waals surface area contributed by atoms with E-state index in [1.807, 2.05) is 6.92 Å². The normalized spacial score (nSPS) is 10.6. The molecule has 0 aromatic carbocycles. The molecule has 1 aromatic heterocycles. The molecular formula is C11H19N3O3. The van der Waals surface area contributed by atoms with Crippen LogP contribution in [0.1, 0.15) is 16.2 Å². The van der Waals surface area contributed by atoms with Crippen LogP contribution in [0.25, 0.3) is 0 Å². The third-order valence-corrected chi connectivity index (χ3v) is 2.56. The molecule has 0 aliphatic rings. The second-order valence-electron chi connectivity index (χ2n) is 3.80. The number of hydrogen-bond acceptors (Lipinski definition) is 4. The molecular weight excluding hydrogens is 222 g/mol. The fraction of sp³-hybridized carbons (Fsp3) is 0.636. The molecule has 0 saturated heterocycles. The van der Waals surface area contributed by atoms with Gasteiger partial charge >= 0.3 is 0 Å². The zero-order valence-corrected chi connectivity index (χ0v) is 10.5. The van der Waals surface area contributed by atoms with Gasteiger partial charge in [0.25, 0.3) is 5.91 Å². The van der Waals surface area contributed by atoms with E-state index in [0.29, 0.717) is 18.8 Å². The van der Waals surface area contributed by atoms with Crippen LogP contribution in [0.2, 0.25) is 0 Å². The minimum absolute atomic E-state index is 0.0682. The first kappa shape index (κ1) is 13.7. The van der Waals surface area contributed by atoms with E-state index < -0.39 is 0 Å². The topological polar surface area (TPSA) is 67.6 Å². The van der Waals surface area contributed by atoms with E-state index in [2.05, 4.69) is 5.10 Å². The van der Waals surface area contributed by atoms with Crippen molar-refractivity contribution >= 4 is 5.91 Å². The zero-order valence-electron chi connectivity index (χ0n) is 10.5. The average molecular weight is 241 g/mol. The molecule has 1 rings (SSSR count). The first-order valence-corrected chi connectivity index (χ1v) is 5.50. The zero-order chi connectivity index (χ0) is 12.8. The molecule has 1 amide bonds. The minimum atomic E-state index is -0.181. The number of methoxy groups -OCH3 is 1. The van der Waals surface area contributed by atoms with Gasteiger partial charge in [-0.25, -0.2) is 0 Å². The summed E-state index contributed by atoms with van der Waals surface area (Å²) in [6, 6.07) is 1.74. The number of aryl methyl sites for hydroxylation is 2. The van der Waals surface area contributed by atoms with Crippen molar-refractivity contribution in [2.75, 3.05) is 33.4 Å². The Hall–Kier alpha value is -1.40. The van der Waals surface area contributed by atoms with Crippen LogP contribution in [0, 0.1) is 6.92 Å². The lowest BCUT2D eigenvalue weighted by Crippen LogP contribution is -2.36. The minimum Gasteiger partial charge on any atom is -0.395 e. The van der Waals surface area contributed by atoms with Crippen LogP contribution >= 0.6 is 0 Å². The van der Waals surface area contributed by atoms with E-state index in [1.165, 1.54) is 4.90 Å². The molecule has 0 spiro atoms. The van der Waals surface area contributed by atoms with Crippen molar-refractivity contribution in [3.63, 3.8) is 0 Å². The molecule has 0 bridgehead atoms. The molecule has 0 atom stereocenters. The Balaban J connectivity index is 2.76. The highest BCUT2D eigenvalue weighted by Gasteiger charge is 2.18. The van der Waals surface area contributed by atoms with Crippen LogP contribution < -0.4 is 0 Å². The van der Waals surface area contributed by atoms with E-state index in [4.69, 9.17) is 9.84 Å². The van der Waals surface area contributed by atoms with Gasteiger partial charge in [-0.3, -0.25) is 9.48 Å².